The van der Waals surface area contributed by atoms with Gasteiger partial charge in [0.15, 0.2) is 0 Å². The van der Waals surface area contributed by atoms with E-state index in [1.165, 1.54) is 19.1 Å². The van der Waals surface area contributed by atoms with Crippen molar-refractivity contribution in [2.75, 3.05) is 0 Å². The van der Waals surface area contributed by atoms with Crippen LogP contribution in [0, 0.1) is 6.92 Å². The molecule has 0 aromatic heterocycles. The quantitative estimate of drug-likeness (QED) is 0.899. The number of hydrogen-bond acceptors (Lipinski definition) is 3. The maximum atomic E-state index is 13.5. The van der Waals surface area contributed by atoms with Crippen LogP contribution in [-0.4, -0.2) is 28.0 Å². The van der Waals surface area contributed by atoms with Crippen LogP contribution in [0.4, 0.5) is 13.2 Å². The standard InChI is InChI=1S/C15H15F3O4/c1-3-14(15(16,17)18)11(13(20)21)6-9-4-8(2)5-10(7-19)12(9)22-14/h4-6,19H,3,7H2,1-2H3,(H,20,21). The van der Waals surface area contributed by atoms with Crippen molar-refractivity contribution in [2.45, 2.75) is 38.7 Å². The fraction of sp³-hybridized carbons (Fsp3) is 0.400. The number of benzene rings is 1. The first-order chi connectivity index (χ1) is 10.2. The van der Waals surface area contributed by atoms with Crippen molar-refractivity contribution < 1.29 is 32.9 Å². The van der Waals surface area contributed by atoms with Crippen molar-refractivity contribution in [3.05, 3.63) is 34.4 Å². The monoisotopic (exact) mass is 316 g/mol. The molecule has 2 rings (SSSR count). The molecule has 0 spiro atoms. The first-order valence-electron chi connectivity index (χ1n) is 6.62. The van der Waals surface area contributed by atoms with E-state index < -0.39 is 36.3 Å². The molecule has 1 unspecified atom stereocenters. The summed E-state index contributed by atoms with van der Waals surface area (Å²) in [6, 6.07) is 3.03. The Morgan fingerprint density at radius 3 is 2.45 bits per heavy atom. The fourth-order valence-electron chi connectivity index (χ4n) is 2.64. The topological polar surface area (TPSA) is 66.8 Å². The molecule has 1 aliphatic heterocycles. The molecule has 22 heavy (non-hydrogen) atoms. The summed E-state index contributed by atoms with van der Waals surface area (Å²) in [5.74, 6) is -1.81. The summed E-state index contributed by atoms with van der Waals surface area (Å²) in [6.07, 6.45) is -4.52. The number of fused-ring (bicyclic) bond motifs is 1. The molecule has 4 nitrogen and oxygen atoms in total. The average molecular weight is 316 g/mol. The molecule has 120 valence electrons. The molecule has 0 radical (unpaired) electrons. The zero-order valence-electron chi connectivity index (χ0n) is 12.0. The third-order valence-electron chi connectivity index (χ3n) is 3.71. The van der Waals surface area contributed by atoms with Gasteiger partial charge < -0.3 is 14.9 Å². The van der Waals surface area contributed by atoms with Crippen LogP contribution in [0.25, 0.3) is 6.08 Å². The Kier molecular flexibility index (Phi) is 3.95. The highest BCUT2D eigenvalue weighted by Crippen LogP contribution is 2.48. The molecule has 0 amide bonds. The van der Waals surface area contributed by atoms with E-state index in [0.29, 0.717) is 5.56 Å². The molecule has 7 heteroatoms. The molecule has 1 aromatic carbocycles. The third kappa shape index (κ3) is 2.35. The van der Waals surface area contributed by atoms with Crippen LogP contribution < -0.4 is 4.74 Å². The molecule has 1 atom stereocenters. The second-order valence-electron chi connectivity index (χ2n) is 5.14. The molecule has 0 saturated heterocycles. The second kappa shape index (κ2) is 5.31. The van der Waals surface area contributed by atoms with E-state index in [9.17, 15) is 28.2 Å². The minimum absolute atomic E-state index is 0.128. The minimum atomic E-state index is -4.90. The van der Waals surface area contributed by atoms with Crippen LogP contribution in [-0.2, 0) is 11.4 Å². The predicted molar refractivity (Wildman–Crippen MR) is 72.4 cm³/mol. The number of aliphatic hydroxyl groups is 1. The largest absolute Gasteiger partial charge is 0.478 e. The van der Waals surface area contributed by atoms with E-state index >= 15 is 0 Å². The zero-order valence-corrected chi connectivity index (χ0v) is 12.0. The molecule has 1 heterocycles. The van der Waals surface area contributed by atoms with Crippen LogP contribution in [0.15, 0.2) is 17.7 Å². The van der Waals surface area contributed by atoms with Gasteiger partial charge >= 0.3 is 12.1 Å². The van der Waals surface area contributed by atoms with Gasteiger partial charge in [0.25, 0.3) is 0 Å². The van der Waals surface area contributed by atoms with Gasteiger partial charge in [-0.1, -0.05) is 13.0 Å². The van der Waals surface area contributed by atoms with Crippen LogP contribution in [0.2, 0.25) is 0 Å². The molecule has 0 saturated carbocycles. The van der Waals surface area contributed by atoms with Gasteiger partial charge in [0.2, 0.25) is 5.60 Å². The molecular weight excluding hydrogens is 301 g/mol. The van der Waals surface area contributed by atoms with Gasteiger partial charge in [0.05, 0.1) is 12.2 Å². The third-order valence-corrected chi connectivity index (χ3v) is 3.71. The predicted octanol–water partition coefficient (Wildman–Crippen LogP) is 3.06. The Bertz CT molecular complexity index is 649. The Morgan fingerprint density at radius 2 is 2.00 bits per heavy atom. The molecule has 1 aliphatic rings. The molecular formula is C15H15F3O4. The van der Waals surface area contributed by atoms with Gasteiger partial charge in [0.1, 0.15) is 5.75 Å². The van der Waals surface area contributed by atoms with Crippen LogP contribution in [0.3, 0.4) is 0 Å². The van der Waals surface area contributed by atoms with Crippen molar-refractivity contribution in [1.82, 2.24) is 0 Å². The number of halogens is 3. The van der Waals surface area contributed by atoms with Crippen LogP contribution in [0.1, 0.15) is 30.0 Å². The smallest absolute Gasteiger partial charge is 0.432 e. The maximum Gasteiger partial charge on any atom is 0.432 e. The van der Waals surface area contributed by atoms with Gasteiger partial charge in [-0.05, 0) is 31.1 Å². The molecule has 0 aliphatic carbocycles. The van der Waals surface area contributed by atoms with Gasteiger partial charge in [-0.3, -0.25) is 0 Å². The van der Waals surface area contributed by atoms with Gasteiger partial charge in [-0.15, -0.1) is 0 Å². The van der Waals surface area contributed by atoms with Crippen molar-refractivity contribution in [3.8, 4) is 5.75 Å². The first-order valence-corrected chi connectivity index (χ1v) is 6.62. The molecule has 0 fully saturated rings. The van der Waals surface area contributed by atoms with Gasteiger partial charge in [0, 0.05) is 11.1 Å². The van der Waals surface area contributed by atoms with Crippen LogP contribution >= 0.6 is 0 Å². The Labute approximate surface area is 124 Å². The number of aliphatic carboxylic acids is 1. The zero-order chi connectivity index (χ0) is 16.7. The SMILES string of the molecule is CCC1(C(F)(F)F)Oc2c(cc(C)cc2CO)C=C1C(=O)O. The summed E-state index contributed by atoms with van der Waals surface area (Å²) in [5, 5.41) is 18.5. The number of hydrogen-bond donors (Lipinski definition) is 2. The minimum Gasteiger partial charge on any atom is -0.478 e. The number of carbonyl (C=O) groups is 1. The Hall–Kier alpha value is -2.02. The number of carboxylic acid groups (broad SMARTS) is 1. The lowest BCUT2D eigenvalue weighted by atomic mass is 9.85. The van der Waals surface area contributed by atoms with Gasteiger partial charge in [-0.25, -0.2) is 4.79 Å². The summed E-state index contributed by atoms with van der Waals surface area (Å²) in [7, 11) is 0. The number of alkyl halides is 3. The molecule has 2 N–H and O–H groups in total. The highest BCUT2D eigenvalue weighted by Gasteiger charge is 2.62. The van der Waals surface area contributed by atoms with Crippen molar-refractivity contribution >= 4 is 12.0 Å². The summed E-state index contributed by atoms with van der Waals surface area (Å²) in [5.41, 5.74) is -2.69. The lowest BCUT2D eigenvalue weighted by Gasteiger charge is -2.39. The number of carboxylic acids is 1. The number of ether oxygens (including phenoxy) is 1. The highest BCUT2D eigenvalue weighted by atomic mass is 19.4. The van der Waals surface area contributed by atoms with Crippen LogP contribution in [0.5, 0.6) is 5.75 Å². The summed E-state index contributed by atoms with van der Waals surface area (Å²) in [6.45, 7) is 2.40. The maximum absolute atomic E-state index is 13.5. The summed E-state index contributed by atoms with van der Waals surface area (Å²) in [4.78, 5) is 11.3. The van der Waals surface area contributed by atoms with E-state index in [-0.39, 0.29) is 16.9 Å². The molecule has 1 aromatic rings. The average Bonchev–Trinajstić information content (AvgIpc) is 2.43. The number of aliphatic hydroxyl groups excluding tert-OH is 1. The van der Waals surface area contributed by atoms with Crippen molar-refractivity contribution in [1.29, 1.82) is 0 Å². The number of rotatable bonds is 3. The Balaban J connectivity index is 2.77. The first kappa shape index (κ1) is 16.4. The van der Waals surface area contributed by atoms with E-state index in [4.69, 9.17) is 4.74 Å². The van der Waals surface area contributed by atoms with Crippen molar-refractivity contribution in [2.24, 2.45) is 0 Å². The fourth-order valence-corrected chi connectivity index (χ4v) is 2.64. The van der Waals surface area contributed by atoms with Gasteiger partial charge in [-0.2, -0.15) is 13.2 Å². The number of aryl methyl sites for hydroxylation is 1. The van der Waals surface area contributed by atoms with E-state index in [2.05, 4.69) is 0 Å². The van der Waals surface area contributed by atoms with E-state index in [1.54, 1.807) is 6.92 Å². The normalized spacial score (nSPS) is 20.9. The summed E-state index contributed by atoms with van der Waals surface area (Å²) < 4.78 is 45.7. The Morgan fingerprint density at radius 1 is 1.36 bits per heavy atom. The van der Waals surface area contributed by atoms with E-state index in [1.807, 2.05) is 0 Å². The van der Waals surface area contributed by atoms with E-state index in [0.717, 1.165) is 6.08 Å². The second-order valence-corrected chi connectivity index (χ2v) is 5.14. The lowest BCUT2D eigenvalue weighted by Crippen LogP contribution is -2.54. The van der Waals surface area contributed by atoms with Crippen molar-refractivity contribution in [3.63, 3.8) is 0 Å². The molecule has 0 bridgehead atoms. The lowest BCUT2D eigenvalue weighted by molar-refractivity contribution is -0.236. The highest BCUT2D eigenvalue weighted by molar-refractivity contribution is 5.96. The summed E-state index contributed by atoms with van der Waals surface area (Å²) >= 11 is 0.